The third kappa shape index (κ3) is 6.51. The molecule has 7 heteroatoms. The van der Waals surface area contributed by atoms with Crippen molar-refractivity contribution in [3.63, 3.8) is 0 Å². The largest absolute Gasteiger partial charge is 0.494 e. The van der Waals surface area contributed by atoms with Gasteiger partial charge in [-0.15, -0.1) is 0 Å². The number of unbranched alkanes of at least 4 members (excludes halogenated alkanes) is 2. The lowest BCUT2D eigenvalue weighted by Gasteiger charge is -2.12. The summed E-state index contributed by atoms with van der Waals surface area (Å²) in [5.74, 6) is 1.11. The first kappa shape index (κ1) is 23.3. The van der Waals surface area contributed by atoms with E-state index in [-0.39, 0.29) is 5.97 Å². The molecule has 0 saturated carbocycles. The zero-order valence-electron chi connectivity index (χ0n) is 17.4. The van der Waals surface area contributed by atoms with Crippen molar-refractivity contribution in [2.24, 2.45) is 0 Å². The summed E-state index contributed by atoms with van der Waals surface area (Å²) in [6.45, 7) is 8.96. The van der Waals surface area contributed by atoms with Gasteiger partial charge < -0.3 is 14.0 Å². The van der Waals surface area contributed by atoms with Crippen LogP contribution in [0.1, 0.15) is 57.1 Å². The number of imidazole rings is 1. The molecule has 1 aromatic carbocycles. The molecule has 5 nitrogen and oxygen atoms in total. The van der Waals surface area contributed by atoms with Crippen LogP contribution in [0.5, 0.6) is 5.75 Å². The molecule has 0 N–H and O–H groups in total. The van der Waals surface area contributed by atoms with Crippen LogP contribution >= 0.6 is 23.2 Å². The van der Waals surface area contributed by atoms with Crippen LogP contribution in [-0.4, -0.2) is 28.7 Å². The van der Waals surface area contributed by atoms with E-state index in [1.165, 1.54) is 0 Å². The molecule has 0 spiro atoms. The lowest BCUT2D eigenvalue weighted by atomic mass is 10.2. The monoisotopic (exact) mass is 438 g/mol. The van der Waals surface area contributed by atoms with E-state index in [9.17, 15) is 4.79 Å². The molecule has 0 amide bonds. The number of rotatable bonds is 10. The van der Waals surface area contributed by atoms with Gasteiger partial charge >= 0.3 is 5.97 Å². The van der Waals surface area contributed by atoms with Crippen molar-refractivity contribution in [3.05, 3.63) is 51.0 Å². The average molecular weight is 439 g/mol. The van der Waals surface area contributed by atoms with Crippen LogP contribution in [0.15, 0.2) is 23.8 Å². The Kier molecular flexibility index (Phi) is 9.05. The Morgan fingerprint density at radius 1 is 1.24 bits per heavy atom. The summed E-state index contributed by atoms with van der Waals surface area (Å²) >= 11 is 12.8. The van der Waals surface area contributed by atoms with E-state index in [0.717, 1.165) is 36.4 Å². The Labute approximate surface area is 182 Å². The van der Waals surface area contributed by atoms with Gasteiger partial charge in [0.15, 0.2) is 5.15 Å². The third-order valence-corrected chi connectivity index (χ3v) is 5.10. The highest BCUT2D eigenvalue weighted by molar-refractivity contribution is 6.31. The maximum absolute atomic E-state index is 12.0. The molecule has 0 saturated heterocycles. The molecule has 29 heavy (non-hydrogen) atoms. The van der Waals surface area contributed by atoms with Crippen LogP contribution in [0, 0.1) is 6.92 Å². The highest BCUT2D eigenvalue weighted by Gasteiger charge is 2.15. The SMILES string of the molecule is CCCCCOc1ccc(Cn2c(C)nc(Cl)c2/C=C(\C)C(=O)OCC)c(Cl)c1. The van der Waals surface area contributed by atoms with Gasteiger partial charge in [-0.3, -0.25) is 0 Å². The van der Waals surface area contributed by atoms with E-state index in [0.29, 0.717) is 41.2 Å². The van der Waals surface area contributed by atoms with Gasteiger partial charge in [0.25, 0.3) is 0 Å². The second-order valence-electron chi connectivity index (χ2n) is 6.78. The molecule has 0 aliphatic carbocycles. The first-order valence-corrected chi connectivity index (χ1v) is 10.6. The van der Waals surface area contributed by atoms with E-state index >= 15 is 0 Å². The van der Waals surface area contributed by atoms with Crippen molar-refractivity contribution >= 4 is 35.2 Å². The normalized spacial score (nSPS) is 11.6. The number of benzene rings is 1. The lowest BCUT2D eigenvalue weighted by Crippen LogP contribution is -2.08. The molecular weight excluding hydrogens is 411 g/mol. The number of hydrogen-bond acceptors (Lipinski definition) is 4. The quantitative estimate of drug-likeness (QED) is 0.256. The van der Waals surface area contributed by atoms with E-state index in [2.05, 4.69) is 11.9 Å². The molecular formula is C22H28Cl2N2O3. The number of hydrogen-bond donors (Lipinski definition) is 0. The lowest BCUT2D eigenvalue weighted by molar-refractivity contribution is -0.138. The van der Waals surface area contributed by atoms with Gasteiger partial charge in [-0.1, -0.05) is 49.0 Å². The second-order valence-corrected chi connectivity index (χ2v) is 7.54. The maximum Gasteiger partial charge on any atom is 0.333 e. The van der Waals surface area contributed by atoms with E-state index in [4.69, 9.17) is 32.7 Å². The predicted molar refractivity (Wildman–Crippen MR) is 118 cm³/mol. The molecule has 1 aromatic heterocycles. The number of carbonyl (C=O) groups is 1. The van der Waals surface area contributed by atoms with Gasteiger partial charge in [-0.2, -0.15) is 0 Å². The molecule has 0 radical (unpaired) electrons. The Bertz CT molecular complexity index is 875. The molecule has 158 valence electrons. The van der Waals surface area contributed by atoms with Crippen molar-refractivity contribution in [3.8, 4) is 5.75 Å². The van der Waals surface area contributed by atoms with Crippen molar-refractivity contribution in [2.75, 3.05) is 13.2 Å². The molecule has 2 rings (SSSR count). The van der Waals surface area contributed by atoms with E-state index in [1.54, 1.807) is 19.9 Å². The number of ether oxygens (including phenoxy) is 2. The first-order valence-electron chi connectivity index (χ1n) is 9.86. The van der Waals surface area contributed by atoms with Gasteiger partial charge in [0.05, 0.1) is 25.5 Å². The topological polar surface area (TPSA) is 53.4 Å². The smallest absolute Gasteiger partial charge is 0.333 e. The third-order valence-electron chi connectivity index (χ3n) is 4.47. The number of carbonyl (C=O) groups excluding carboxylic acids is 1. The fourth-order valence-electron chi connectivity index (χ4n) is 2.85. The van der Waals surface area contributed by atoms with Crippen LogP contribution in [0.4, 0.5) is 0 Å². The van der Waals surface area contributed by atoms with E-state index in [1.807, 2.05) is 29.7 Å². The summed E-state index contributed by atoms with van der Waals surface area (Å²) in [7, 11) is 0. The molecule has 2 aromatic rings. The average Bonchev–Trinajstić information content (AvgIpc) is 2.94. The minimum Gasteiger partial charge on any atom is -0.494 e. The van der Waals surface area contributed by atoms with Crippen LogP contribution in [0.2, 0.25) is 10.2 Å². The zero-order valence-corrected chi connectivity index (χ0v) is 18.9. The van der Waals surface area contributed by atoms with Crippen molar-refractivity contribution in [2.45, 2.75) is 53.5 Å². The van der Waals surface area contributed by atoms with Crippen LogP contribution in [0.3, 0.4) is 0 Å². The van der Waals surface area contributed by atoms with Crippen molar-refractivity contribution in [1.29, 1.82) is 0 Å². The van der Waals surface area contributed by atoms with Gasteiger partial charge in [0, 0.05) is 10.6 Å². The summed E-state index contributed by atoms with van der Waals surface area (Å²) < 4.78 is 12.7. The Morgan fingerprint density at radius 2 is 2.00 bits per heavy atom. The maximum atomic E-state index is 12.0. The molecule has 0 aliphatic rings. The predicted octanol–water partition coefficient (Wildman–Crippen LogP) is 6.08. The molecule has 0 aliphatic heterocycles. The molecule has 0 unspecified atom stereocenters. The summed E-state index contributed by atoms with van der Waals surface area (Å²) in [5.41, 5.74) is 2.01. The minimum atomic E-state index is -0.378. The van der Waals surface area contributed by atoms with Gasteiger partial charge in [-0.05, 0) is 51.0 Å². The summed E-state index contributed by atoms with van der Waals surface area (Å²) in [4.78, 5) is 16.3. The first-order chi connectivity index (χ1) is 13.9. The van der Waals surface area contributed by atoms with E-state index < -0.39 is 0 Å². The summed E-state index contributed by atoms with van der Waals surface area (Å²) in [5, 5.41) is 0.942. The molecule has 1 heterocycles. The van der Waals surface area contributed by atoms with Crippen molar-refractivity contribution in [1.82, 2.24) is 9.55 Å². The highest BCUT2D eigenvalue weighted by Crippen LogP contribution is 2.27. The van der Waals surface area contributed by atoms with Gasteiger partial charge in [-0.25, -0.2) is 9.78 Å². The second kappa shape index (κ2) is 11.3. The fraction of sp³-hybridized carbons (Fsp3) is 0.455. The number of halogens is 2. The van der Waals surface area contributed by atoms with Crippen LogP contribution in [-0.2, 0) is 16.1 Å². The molecule has 0 bridgehead atoms. The summed E-state index contributed by atoms with van der Waals surface area (Å²) in [6, 6.07) is 5.69. The minimum absolute atomic E-state index is 0.318. The van der Waals surface area contributed by atoms with Crippen LogP contribution < -0.4 is 4.74 Å². The Hall–Kier alpha value is -1.98. The van der Waals surface area contributed by atoms with Crippen LogP contribution in [0.25, 0.3) is 6.08 Å². The number of esters is 1. The Morgan fingerprint density at radius 3 is 2.66 bits per heavy atom. The van der Waals surface area contributed by atoms with Crippen molar-refractivity contribution < 1.29 is 14.3 Å². The molecule has 0 fully saturated rings. The fourth-order valence-corrected chi connectivity index (χ4v) is 3.36. The standard InChI is InChI=1S/C22H28Cl2N2O3/c1-5-7-8-11-29-18-10-9-17(19(23)13-18)14-26-16(4)25-21(24)20(26)12-15(3)22(27)28-6-2/h9-10,12-13H,5-8,11,14H2,1-4H3/b15-12+. The number of aromatic nitrogens is 2. The zero-order chi connectivity index (χ0) is 21.4. The number of aryl methyl sites for hydroxylation is 1. The van der Waals surface area contributed by atoms with Gasteiger partial charge in [0.1, 0.15) is 11.6 Å². The number of nitrogens with zero attached hydrogens (tertiary/aromatic N) is 2. The highest BCUT2D eigenvalue weighted by atomic mass is 35.5. The summed E-state index contributed by atoms with van der Waals surface area (Å²) in [6.07, 6.45) is 5.02. The molecule has 0 atom stereocenters. The Balaban J connectivity index is 2.22. The van der Waals surface area contributed by atoms with Gasteiger partial charge in [0.2, 0.25) is 0 Å².